The molecule has 21 heteroatoms. The van der Waals surface area contributed by atoms with Gasteiger partial charge in [-0.1, -0.05) is 64.7 Å². The van der Waals surface area contributed by atoms with E-state index in [1.807, 2.05) is 58.6 Å². The molecular formula is C48H60Cl2N14O5. The first-order valence-corrected chi connectivity index (χ1v) is 23.8. The fourth-order valence-electron chi connectivity index (χ4n) is 8.41. The molecule has 0 spiro atoms. The van der Waals surface area contributed by atoms with Crippen LogP contribution in [-0.2, 0) is 23.9 Å². The molecule has 0 bridgehead atoms. The van der Waals surface area contributed by atoms with Gasteiger partial charge in [0, 0.05) is 46.6 Å². The number of nitriles is 2. The Bertz CT molecular complexity index is 2330. The zero-order chi connectivity index (χ0) is 49.8. The number of morpholine rings is 2. The van der Waals surface area contributed by atoms with Crippen LogP contribution in [0.1, 0.15) is 72.5 Å². The van der Waals surface area contributed by atoms with Gasteiger partial charge in [0.25, 0.3) is 0 Å². The quantitative estimate of drug-likeness (QED) is 0.0616. The molecule has 2 aromatic carbocycles. The predicted molar refractivity (Wildman–Crippen MR) is 264 cm³/mol. The fraction of sp³-hybridized carbons (Fsp3) is 0.479. The van der Waals surface area contributed by atoms with E-state index < -0.39 is 36.4 Å². The van der Waals surface area contributed by atoms with Gasteiger partial charge in [-0.25, -0.2) is 24.8 Å². The van der Waals surface area contributed by atoms with E-state index in [0.29, 0.717) is 52.3 Å². The number of nitrogens with one attached hydrogen (secondary N) is 4. The van der Waals surface area contributed by atoms with Gasteiger partial charge in [0.2, 0.25) is 29.4 Å². The van der Waals surface area contributed by atoms with E-state index in [-0.39, 0.29) is 92.4 Å². The lowest BCUT2D eigenvalue weighted by Crippen LogP contribution is -2.71. The minimum absolute atomic E-state index is 0.00324. The maximum Gasteiger partial charge on any atom is 0.246 e. The van der Waals surface area contributed by atoms with Crippen molar-refractivity contribution in [3.05, 3.63) is 82.4 Å². The minimum atomic E-state index is -0.967. The number of carbonyl (C=O) groups excluding carboxylic acids is 3. The summed E-state index contributed by atoms with van der Waals surface area (Å²) in [7, 11) is 0. The summed E-state index contributed by atoms with van der Waals surface area (Å²) in [6.45, 7) is 12.6. The van der Waals surface area contributed by atoms with E-state index in [2.05, 4.69) is 41.2 Å². The van der Waals surface area contributed by atoms with Crippen molar-refractivity contribution in [2.45, 2.75) is 91.3 Å². The third-order valence-electron chi connectivity index (χ3n) is 11.4. The highest BCUT2D eigenvalue weighted by Crippen LogP contribution is 2.30. The van der Waals surface area contributed by atoms with Gasteiger partial charge in [-0.15, -0.1) is 0 Å². The van der Waals surface area contributed by atoms with Crippen LogP contribution in [0.2, 0.25) is 10.0 Å². The van der Waals surface area contributed by atoms with Crippen molar-refractivity contribution in [1.82, 2.24) is 34.6 Å². The Morgan fingerprint density at radius 3 is 1.39 bits per heavy atom. The number of aromatic nitrogens is 4. The van der Waals surface area contributed by atoms with Crippen molar-refractivity contribution in [2.75, 3.05) is 60.8 Å². The number of nitrogens with two attached hydrogens (primary N) is 1. The molecule has 2 aliphatic rings. The van der Waals surface area contributed by atoms with Gasteiger partial charge in [-0.05, 0) is 85.5 Å². The first-order chi connectivity index (χ1) is 33.0. The van der Waals surface area contributed by atoms with Crippen LogP contribution in [0, 0.1) is 40.4 Å². The summed E-state index contributed by atoms with van der Waals surface area (Å²) in [6.07, 6.45) is -0.737. The number of hydrogen-bond acceptors (Lipinski definition) is 16. The third kappa shape index (κ3) is 14.3. The smallest absolute Gasteiger partial charge is 0.246 e. The molecule has 0 aliphatic carbocycles. The molecule has 69 heavy (non-hydrogen) atoms. The van der Waals surface area contributed by atoms with Crippen LogP contribution in [0.5, 0.6) is 0 Å². The number of amides is 3. The zero-order valence-corrected chi connectivity index (χ0v) is 41.2. The average molecular weight is 984 g/mol. The number of carbonyl (C=O) groups is 3. The number of hydrogen-bond donors (Lipinski definition) is 5. The number of primary amides is 1. The Hall–Kier alpha value is -6.35. The number of nitrogens with zero attached hydrogens (tertiary/aromatic N) is 9. The number of halogens is 2. The number of ether oxygens (including phenoxy) is 2. The highest BCUT2D eigenvalue weighted by Gasteiger charge is 2.47. The minimum Gasteiger partial charge on any atom is -0.376 e. The summed E-state index contributed by atoms with van der Waals surface area (Å²) in [5.74, 6) is -0.332. The van der Waals surface area contributed by atoms with E-state index in [1.54, 1.807) is 70.5 Å². The molecule has 0 saturated carbocycles. The third-order valence-corrected chi connectivity index (χ3v) is 11.9. The van der Waals surface area contributed by atoms with Gasteiger partial charge in [0.1, 0.15) is 59.8 Å². The summed E-state index contributed by atoms with van der Waals surface area (Å²) >= 11 is 12.2. The Morgan fingerprint density at radius 1 is 0.667 bits per heavy atom. The van der Waals surface area contributed by atoms with Gasteiger partial charge in [-0.2, -0.15) is 10.5 Å². The van der Waals surface area contributed by atoms with Crippen LogP contribution >= 0.6 is 23.2 Å². The Balaban J connectivity index is 1.35. The highest BCUT2D eigenvalue weighted by atomic mass is 35.5. The van der Waals surface area contributed by atoms with Crippen LogP contribution in [0.4, 0.5) is 34.6 Å². The topological polar surface area (TPSA) is 253 Å². The molecule has 366 valence electrons. The molecule has 2 aromatic heterocycles. The molecule has 6 rings (SSSR count). The van der Waals surface area contributed by atoms with Crippen LogP contribution in [0.3, 0.4) is 0 Å². The second-order valence-corrected chi connectivity index (χ2v) is 19.1. The number of anilines is 6. The van der Waals surface area contributed by atoms with E-state index in [9.17, 15) is 15.3 Å². The Labute approximate surface area is 413 Å². The SMILES string of the molecule is CC(C)C[C@H](Nc1cc(Nc2ccc(Cl)cc2)nc(C#N)n1)C(=O)N1CCOCC1N(C1COCCN1C(=O)[C@H](CC(C)C)Nc1cc(Nc2ccc(Cl)cc2)nc(C#N)n1)[C@@H](CC(C)C)C(N)=O. The molecule has 0 radical (unpaired) electrons. The van der Waals surface area contributed by atoms with Crippen molar-refractivity contribution in [2.24, 2.45) is 23.5 Å². The monoisotopic (exact) mass is 982 g/mol. The van der Waals surface area contributed by atoms with Crippen molar-refractivity contribution in [3.63, 3.8) is 0 Å². The lowest BCUT2D eigenvalue weighted by atomic mass is 9.98. The van der Waals surface area contributed by atoms with Gasteiger partial charge in [-0.3, -0.25) is 14.4 Å². The van der Waals surface area contributed by atoms with Crippen LogP contribution in [-0.4, -0.2) is 122 Å². The van der Waals surface area contributed by atoms with Crippen molar-refractivity contribution in [1.29, 1.82) is 10.5 Å². The molecule has 4 heterocycles. The molecule has 4 aromatic rings. The fourth-order valence-corrected chi connectivity index (χ4v) is 8.66. The summed E-state index contributed by atoms with van der Waals surface area (Å²) < 4.78 is 12.2. The van der Waals surface area contributed by atoms with E-state index in [4.69, 9.17) is 38.4 Å². The number of benzene rings is 2. The molecule has 19 nitrogen and oxygen atoms in total. The van der Waals surface area contributed by atoms with Crippen molar-refractivity contribution >= 4 is 75.6 Å². The Kier molecular flexibility index (Phi) is 18.3. The molecule has 6 N–H and O–H groups in total. The summed E-state index contributed by atoms with van der Waals surface area (Å²) in [4.78, 5) is 66.9. The van der Waals surface area contributed by atoms with E-state index >= 15 is 9.59 Å². The van der Waals surface area contributed by atoms with Crippen LogP contribution in [0.25, 0.3) is 0 Å². The predicted octanol–water partition coefficient (Wildman–Crippen LogP) is 6.73. The van der Waals surface area contributed by atoms with Gasteiger partial charge in [0.05, 0.1) is 32.5 Å². The van der Waals surface area contributed by atoms with Crippen LogP contribution in [0.15, 0.2) is 60.7 Å². The molecule has 2 unspecified atom stereocenters. The average Bonchev–Trinajstić information content (AvgIpc) is 3.31. The first-order valence-electron chi connectivity index (χ1n) is 23.0. The molecule has 3 amide bonds. The van der Waals surface area contributed by atoms with Gasteiger partial charge >= 0.3 is 0 Å². The molecule has 2 fully saturated rings. The van der Waals surface area contributed by atoms with Crippen LogP contribution < -0.4 is 27.0 Å². The maximum absolute atomic E-state index is 15.2. The zero-order valence-electron chi connectivity index (χ0n) is 39.7. The van der Waals surface area contributed by atoms with Gasteiger partial charge < -0.3 is 46.3 Å². The highest BCUT2D eigenvalue weighted by molar-refractivity contribution is 6.30. The van der Waals surface area contributed by atoms with Crippen molar-refractivity contribution in [3.8, 4) is 12.1 Å². The lowest BCUT2D eigenvalue weighted by molar-refractivity contribution is -0.185. The molecule has 2 aliphatic heterocycles. The number of rotatable bonds is 20. The molecular weight excluding hydrogens is 924 g/mol. The molecule has 2 saturated heterocycles. The van der Waals surface area contributed by atoms with Gasteiger partial charge in [0.15, 0.2) is 0 Å². The molecule has 5 atom stereocenters. The second kappa shape index (κ2) is 24.3. The summed E-state index contributed by atoms with van der Waals surface area (Å²) in [5, 5.41) is 33.9. The maximum atomic E-state index is 15.2. The first kappa shape index (κ1) is 52.0. The Morgan fingerprint density at radius 2 is 1.04 bits per heavy atom. The summed E-state index contributed by atoms with van der Waals surface area (Å²) in [6, 6.07) is 18.5. The van der Waals surface area contributed by atoms with E-state index in [0.717, 1.165) is 0 Å². The standard InChI is InChI=1S/C48H60Cl2N14O5/c1-28(2)19-35(56-40-22-38(58-42(24-51)60-40)54-33-11-7-31(49)8-12-33)47(66)62-15-17-68-26-44(62)64(37(46(53)65)21-30(5)6)45-27-69-18-16-63(45)48(67)36(20-29(3)4)57-41-23-39(59-43(25-52)61-41)55-34-13-9-32(50)10-14-34/h7-14,22-23,28-30,35-37,44-45H,15-21,26-27H2,1-6H3,(H2,53,65)(H2,54,56,58,60)(H2,55,57,59,61)/t35-,36-,37-,44?,45?/m0/s1. The largest absolute Gasteiger partial charge is 0.376 e. The lowest BCUT2D eigenvalue weighted by Gasteiger charge is -2.52. The normalized spacial score (nSPS) is 17.5. The van der Waals surface area contributed by atoms with Crippen molar-refractivity contribution < 1.29 is 23.9 Å². The second-order valence-electron chi connectivity index (χ2n) is 18.2. The van der Waals surface area contributed by atoms with E-state index in [1.165, 1.54) is 0 Å². The summed E-state index contributed by atoms with van der Waals surface area (Å²) in [5.41, 5.74) is 7.66.